The van der Waals surface area contributed by atoms with Gasteiger partial charge in [0.05, 0.1) is 0 Å². The smallest absolute Gasteiger partial charge is 0.124 e. The molecule has 0 heterocycles. The van der Waals surface area contributed by atoms with E-state index in [1.165, 1.54) is 12.1 Å². The molecule has 15 heavy (non-hydrogen) atoms. The molecule has 0 spiro atoms. The lowest BCUT2D eigenvalue weighted by Gasteiger charge is -2.16. The first-order valence-corrected chi connectivity index (χ1v) is 5.08. The van der Waals surface area contributed by atoms with Gasteiger partial charge in [-0.3, -0.25) is 11.3 Å². The fourth-order valence-electron chi connectivity index (χ4n) is 1.40. The zero-order valence-corrected chi connectivity index (χ0v) is 9.10. The van der Waals surface area contributed by atoms with Gasteiger partial charge in [0.2, 0.25) is 0 Å². The molecule has 3 N–H and O–H groups in total. The number of nitrogens with two attached hydrogens (primary N) is 1. The standard InChI is InChI=1S/C11H14ClFN2/c1-2-3-4-11(15-14)9-6-5-8(13)7-10(9)12/h2,5-7,11,15H,1,3-4,14H2. The summed E-state index contributed by atoms with van der Waals surface area (Å²) in [6.45, 7) is 3.64. The molecule has 1 rings (SSSR count). The number of rotatable bonds is 5. The summed E-state index contributed by atoms with van der Waals surface area (Å²) in [5, 5.41) is 0.391. The van der Waals surface area contributed by atoms with Gasteiger partial charge in [0, 0.05) is 11.1 Å². The molecule has 0 aromatic heterocycles. The highest BCUT2D eigenvalue weighted by atomic mass is 35.5. The van der Waals surface area contributed by atoms with E-state index in [9.17, 15) is 4.39 Å². The number of hydrogen-bond acceptors (Lipinski definition) is 2. The third-order valence-corrected chi connectivity index (χ3v) is 2.53. The minimum Gasteiger partial charge on any atom is -0.271 e. The van der Waals surface area contributed by atoms with E-state index < -0.39 is 0 Å². The van der Waals surface area contributed by atoms with Crippen molar-refractivity contribution >= 4 is 11.6 Å². The molecule has 0 aliphatic rings. The number of hydrogen-bond donors (Lipinski definition) is 2. The third-order valence-electron chi connectivity index (χ3n) is 2.20. The molecule has 0 bridgehead atoms. The van der Waals surface area contributed by atoms with Gasteiger partial charge in [-0.15, -0.1) is 6.58 Å². The van der Waals surface area contributed by atoms with Crippen molar-refractivity contribution < 1.29 is 4.39 Å². The highest BCUT2D eigenvalue weighted by Gasteiger charge is 2.12. The summed E-state index contributed by atoms with van der Waals surface area (Å²) >= 11 is 5.92. The minimum atomic E-state index is -0.344. The Balaban J connectivity index is 2.86. The summed E-state index contributed by atoms with van der Waals surface area (Å²) in [6.07, 6.45) is 3.41. The fourth-order valence-corrected chi connectivity index (χ4v) is 1.70. The van der Waals surface area contributed by atoms with E-state index in [4.69, 9.17) is 17.4 Å². The molecule has 2 nitrogen and oxygen atoms in total. The molecular formula is C11H14ClFN2. The number of hydrazine groups is 1. The number of nitrogens with one attached hydrogen (secondary N) is 1. The lowest BCUT2D eigenvalue weighted by atomic mass is 10.0. The van der Waals surface area contributed by atoms with Crippen molar-refractivity contribution in [3.05, 3.63) is 47.3 Å². The van der Waals surface area contributed by atoms with Gasteiger partial charge in [-0.05, 0) is 30.5 Å². The molecule has 1 aromatic carbocycles. The molecule has 0 saturated heterocycles. The van der Waals surface area contributed by atoms with Gasteiger partial charge >= 0.3 is 0 Å². The Hall–Kier alpha value is -0.900. The van der Waals surface area contributed by atoms with E-state index in [1.807, 2.05) is 6.08 Å². The summed E-state index contributed by atoms with van der Waals surface area (Å²) < 4.78 is 12.8. The molecular weight excluding hydrogens is 215 g/mol. The van der Waals surface area contributed by atoms with E-state index in [0.29, 0.717) is 5.02 Å². The Morgan fingerprint density at radius 1 is 1.60 bits per heavy atom. The quantitative estimate of drug-likeness (QED) is 0.462. The van der Waals surface area contributed by atoms with Crippen LogP contribution in [0.3, 0.4) is 0 Å². The van der Waals surface area contributed by atoms with E-state index in [-0.39, 0.29) is 11.9 Å². The Morgan fingerprint density at radius 3 is 2.87 bits per heavy atom. The van der Waals surface area contributed by atoms with Crippen LogP contribution in [0.2, 0.25) is 5.02 Å². The van der Waals surface area contributed by atoms with Gasteiger partial charge in [-0.1, -0.05) is 23.7 Å². The van der Waals surface area contributed by atoms with Crippen molar-refractivity contribution in [2.75, 3.05) is 0 Å². The largest absolute Gasteiger partial charge is 0.271 e. The van der Waals surface area contributed by atoms with Crippen LogP contribution in [0, 0.1) is 5.82 Å². The molecule has 1 unspecified atom stereocenters. The molecule has 4 heteroatoms. The maximum Gasteiger partial charge on any atom is 0.124 e. The predicted molar refractivity (Wildman–Crippen MR) is 60.9 cm³/mol. The number of halogens is 2. The van der Waals surface area contributed by atoms with Crippen LogP contribution in [-0.4, -0.2) is 0 Å². The molecule has 0 aliphatic heterocycles. The Bertz CT molecular complexity index is 341. The van der Waals surface area contributed by atoms with Crippen LogP contribution in [0.4, 0.5) is 4.39 Å². The van der Waals surface area contributed by atoms with E-state index in [0.717, 1.165) is 18.4 Å². The molecule has 0 amide bonds. The van der Waals surface area contributed by atoms with Gasteiger partial charge in [-0.25, -0.2) is 4.39 Å². The average Bonchev–Trinajstić information content (AvgIpc) is 2.21. The lowest BCUT2D eigenvalue weighted by Crippen LogP contribution is -2.28. The molecule has 82 valence electrons. The van der Waals surface area contributed by atoms with Crippen molar-refractivity contribution in [2.45, 2.75) is 18.9 Å². The zero-order valence-electron chi connectivity index (χ0n) is 8.34. The van der Waals surface area contributed by atoms with Gasteiger partial charge in [-0.2, -0.15) is 0 Å². The zero-order chi connectivity index (χ0) is 11.3. The second-order valence-corrected chi connectivity index (χ2v) is 3.66. The monoisotopic (exact) mass is 228 g/mol. The summed E-state index contributed by atoms with van der Waals surface area (Å²) in [5.74, 6) is 5.07. The fraction of sp³-hybridized carbons (Fsp3) is 0.273. The highest BCUT2D eigenvalue weighted by Crippen LogP contribution is 2.26. The van der Waals surface area contributed by atoms with Gasteiger partial charge in [0.1, 0.15) is 5.82 Å². The first-order chi connectivity index (χ1) is 7.19. The highest BCUT2D eigenvalue weighted by molar-refractivity contribution is 6.31. The average molecular weight is 229 g/mol. The topological polar surface area (TPSA) is 38.0 Å². The van der Waals surface area contributed by atoms with Crippen LogP contribution in [0.1, 0.15) is 24.4 Å². The van der Waals surface area contributed by atoms with Crippen LogP contribution in [0.15, 0.2) is 30.9 Å². The predicted octanol–water partition coefficient (Wildman–Crippen LogP) is 2.95. The van der Waals surface area contributed by atoms with E-state index in [2.05, 4.69) is 12.0 Å². The molecule has 1 aromatic rings. The molecule has 0 radical (unpaired) electrons. The van der Waals surface area contributed by atoms with Crippen molar-refractivity contribution in [2.24, 2.45) is 5.84 Å². The summed E-state index contributed by atoms with van der Waals surface area (Å²) in [6, 6.07) is 4.23. The SMILES string of the molecule is C=CCCC(NN)c1ccc(F)cc1Cl. The van der Waals surface area contributed by atoms with E-state index >= 15 is 0 Å². The lowest BCUT2D eigenvalue weighted by molar-refractivity contribution is 0.519. The number of allylic oxidation sites excluding steroid dienone is 1. The number of benzene rings is 1. The van der Waals surface area contributed by atoms with Crippen molar-refractivity contribution in [1.29, 1.82) is 0 Å². The van der Waals surface area contributed by atoms with Crippen LogP contribution >= 0.6 is 11.6 Å². The summed E-state index contributed by atoms with van der Waals surface area (Å²) in [5.41, 5.74) is 3.47. The van der Waals surface area contributed by atoms with Crippen LogP contribution in [0.25, 0.3) is 0 Å². The van der Waals surface area contributed by atoms with Crippen LogP contribution in [0.5, 0.6) is 0 Å². The normalized spacial score (nSPS) is 12.5. The van der Waals surface area contributed by atoms with Crippen LogP contribution in [-0.2, 0) is 0 Å². The summed E-state index contributed by atoms with van der Waals surface area (Å²) in [7, 11) is 0. The van der Waals surface area contributed by atoms with Crippen molar-refractivity contribution in [3.8, 4) is 0 Å². The summed E-state index contributed by atoms with van der Waals surface area (Å²) in [4.78, 5) is 0. The molecule has 1 atom stereocenters. The Morgan fingerprint density at radius 2 is 2.33 bits per heavy atom. The van der Waals surface area contributed by atoms with Gasteiger partial charge < -0.3 is 0 Å². The van der Waals surface area contributed by atoms with Gasteiger partial charge in [0.15, 0.2) is 0 Å². The maximum absolute atomic E-state index is 12.8. The molecule has 0 fully saturated rings. The van der Waals surface area contributed by atoms with Crippen LogP contribution < -0.4 is 11.3 Å². The Kier molecular flexibility index (Phi) is 4.75. The van der Waals surface area contributed by atoms with E-state index in [1.54, 1.807) is 6.07 Å². The van der Waals surface area contributed by atoms with Crippen molar-refractivity contribution in [1.82, 2.24) is 5.43 Å². The third kappa shape index (κ3) is 3.30. The molecule has 0 aliphatic carbocycles. The first kappa shape index (κ1) is 12.2. The molecule has 0 saturated carbocycles. The van der Waals surface area contributed by atoms with Gasteiger partial charge in [0.25, 0.3) is 0 Å². The Labute approximate surface area is 93.9 Å². The van der Waals surface area contributed by atoms with Crippen molar-refractivity contribution in [3.63, 3.8) is 0 Å². The maximum atomic E-state index is 12.8. The second kappa shape index (κ2) is 5.85. The minimum absolute atomic E-state index is 0.0731. The second-order valence-electron chi connectivity index (χ2n) is 3.25. The first-order valence-electron chi connectivity index (χ1n) is 4.71.